The van der Waals surface area contributed by atoms with Gasteiger partial charge >= 0.3 is 11.8 Å². The number of pyridine rings is 1. The second kappa shape index (κ2) is 3.61. The van der Waals surface area contributed by atoms with Crippen LogP contribution in [0.4, 0.5) is 5.82 Å². The average Bonchev–Trinajstić information content (AvgIpc) is 2.04. The lowest BCUT2D eigenvalue weighted by atomic mass is 10.4. The molecule has 0 N–H and O–H groups in total. The maximum Gasteiger partial charge on any atom is 0.363 e. The molecule has 0 saturated carbocycles. The highest BCUT2D eigenvalue weighted by atomic mass is 16.6. The Hall–Kier alpha value is -1.98. The second-order valence-corrected chi connectivity index (χ2v) is 2.20. The molecular weight excluding hydrogens is 176 g/mol. The molecule has 0 aliphatic rings. The van der Waals surface area contributed by atoms with E-state index in [2.05, 4.69) is 9.72 Å². The summed E-state index contributed by atoms with van der Waals surface area (Å²) < 4.78 is 4.62. The minimum atomic E-state index is -0.627. The van der Waals surface area contributed by atoms with Crippen LogP contribution in [0.15, 0.2) is 18.3 Å². The van der Waals surface area contributed by atoms with Gasteiger partial charge in [0, 0.05) is 13.0 Å². The Morgan fingerprint density at radius 3 is 2.69 bits per heavy atom. The summed E-state index contributed by atoms with van der Waals surface area (Å²) in [6.07, 6.45) is 1.12. The quantitative estimate of drug-likeness (QED) is 0.385. The Morgan fingerprint density at radius 2 is 2.31 bits per heavy atom. The monoisotopic (exact) mass is 182 g/mol. The van der Waals surface area contributed by atoms with Gasteiger partial charge in [0.1, 0.15) is 0 Å². The fraction of sp³-hybridized carbons (Fsp3) is 0.143. The molecule has 0 bridgehead atoms. The first kappa shape index (κ1) is 9.11. The van der Waals surface area contributed by atoms with E-state index >= 15 is 0 Å². The second-order valence-electron chi connectivity index (χ2n) is 2.20. The summed E-state index contributed by atoms with van der Waals surface area (Å²) in [7, 11) is 0. The van der Waals surface area contributed by atoms with Crippen LogP contribution in [0.1, 0.15) is 6.92 Å². The molecule has 68 valence electrons. The van der Waals surface area contributed by atoms with E-state index in [1.165, 1.54) is 13.0 Å². The highest BCUT2D eigenvalue weighted by Gasteiger charge is 2.07. The molecule has 1 aromatic heterocycles. The van der Waals surface area contributed by atoms with Crippen molar-refractivity contribution in [3.8, 4) is 5.75 Å². The van der Waals surface area contributed by atoms with Gasteiger partial charge in [-0.2, -0.15) is 0 Å². The molecule has 13 heavy (non-hydrogen) atoms. The summed E-state index contributed by atoms with van der Waals surface area (Å²) in [6.45, 7) is 1.24. The molecule has 1 heterocycles. The number of hydrogen-bond donors (Lipinski definition) is 0. The van der Waals surface area contributed by atoms with Crippen LogP contribution in [0.25, 0.3) is 0 Å². The Morgan fingerprint density at radius 1 is 1.62 bits per heavy atom. The maximum atomic E-state index is 10.4. The molecular formula is C7H6N2O4. The van der Waals surface area contributed by atoms with E-state index in [0.29, 0.717) is 0 Å². The minimum absolute atomic E-state index is 0.193. The van der Waals surface area contributed by atoms with Gasteiger partial charge in [0.15, 0.2) is 11.9 Å². The van der Waals surface area contributed by atoms with Gasteiger partial charge in [-0.3, -0.25) is 4.79 Å². The molecule has 6 heteroatoms. The summed E-state index contributed by atoms with van der Waals surface area (Å²) in [6, 6.07) is 2.48. The van der Waals surface area contributed by atoms with Gasteiger partial charge in [-0.1, -0.05) is 0 Å². The fourth-order valence-corrected chi connectivity index (χ4v) is 0.707. The van der Waals surface area contributed by atoms with Crippen LogP contribution in [0.2, 0.25) is 0 Å². The van der Waals surface area contributed by atoms with Crippen LogP contribution >= 0.6 is 0 Å². The number of nitrogens with zero attached hydrogens (tertiary/aromatic N) is 2. The fourth-order valence-electron chi connectivity index (χ4n) is 0.707. The predicted molar refractivity (Wildman–Crippen MR) is 42.2 cm³/mol. The summed E-state index contributed by atoms with van der Waals surface area (Å²) in [4.78, 5) is 23.4. The number of ether oxygens (including phenoxy) is 1. The maximum absolute atomic E-state index is 10.4. The first-order chi connectivity index (χ1) is 6.09. The first-order valence-electron chi connectivity index (χ1n) is 3.38. The SMILES string of the molecule is CC(=O)Oc1ccc([N+](=O)[O-])nc1. The van der Waals surface area contributed by atoms with Crippen molar-refractivity contribution in [2.75, 3.05) is 0 Å². The molecule has 0 spiro atoms. The standard InChI is InChI=1S/C7H6N2O4/c1-5(10)13-6-2-3-7(8-4-6)9(11)12/h2-4H,1H3. The molecule has 0 fully saturated rings. The lowest BCUT2D eigenvalue weighted by molar-refractivity contribution is -0.389. The Labute approximate surface area is 73.3 Å². The number of rotatable bonds is 2. The zero-order valence-electron chi connectivity index (χ0n) is 6.76. The van der Waals surface area contributed by atoms with Gasteiger partial charge in [0.2, 0.25) is 0 Å². The largest absolute Gasteiger partial charge is 0.423 e. The van der Waals surface area contributed by atoms with Crippen molar-refractivity contribution in [2.45, 2.75) is 6.92 Å². The van der Waals surface area contributed by atoms with Crippen LogP contribution in [0.5, 0.6) is 5.75 Å². The summed E-state index contributed by atoms with van der Waals surface area (Å²) in [5.74, 6) is -0.579. The highest BCUT2D eigenvalue weighted by Crippen LogP contribution is 2.13. The van der Waals surface area contributed by atoms with Gasteiger partial charge in [0.05, 0.1) is 0 Å². The third-order valence-corrected chi connectivity index (χ3v) is 1.17. The molecule has 0 unspecified atom stereocenters. The average molecular weight is 182 g/mol. The van der Waals surface area contributed by atoms with E-state index < -0.39 is 10.9 Å². The van der Waals surface area contributed by atoms with Gasteiger partial charge in [-0.25, -0.2) is 0 Å². The minimum Gasteiger partial charge on any atom is -0.423 e. The number of carbonyl (C=O) groups excluding carboxylic acids is 1. The van der Waals surface area contributed by atoms with Gasteiger partial charge in [0.25, 0.3) is 0 Å². The Kier molecular flexibility index (Phi) is 2.53. The number of esters is 1. The van der Waals surface area contributed by atoms with E-state index in [0.717, 1.165) is 12.3 Å². The molecule has 1 rings (SSSR count). The Bertz CT molecular complexity index is 333. The molecule has 0 amide bonds. The molecule has 0 saturated heterocycles. The van der Waals surface area contributed by atoms with Crippen molar-refractivity contribution < 1.29 is 14.5 Å². The van der Waals surface area contributed by atoms with Crippen LogP contribution in [0, 0.1) is 10.1 Å². The van der Waals surface area contributed by atoms with E-state index in [-0.39, 0.29) is 11.6 Å². The first-order valence-corrected chi connectivity index (χ1v) is 3.38. The van der Waals surface area contributed by atoms with Gasteiger partial charge in [-0.15, -0.1) is 0 Å². The molecule has 0 radical (unpaired) electrons. The van der Waals surface area contributed by atoms with Crippen LogP contribution < -0.4 is 4.74 Å². The van der Waals surface area contributed by atoms with E-state index in [1.54, 1.807) is 0 Å². The van der Waals surface area contributed by atoms with Crippen molar-refractivity contribution >= 4 is 11.8 Å². The van der Waals surface area contributed by atoms with Crippen molar-refractivity contribution in [1.29, 1.82) is 0 Å². The van der Waals surface area contributed by atoms with Crippen LogP contribution in [-0.4, -0.2) is 15.9 Å². The smallest absolute Gasteiger partial charge is 0.363 e. The number of hydrogen-bond acceptors (Lipinski definition) is 5. The topological polar surface area (TPSA) is 82.3 Å². The molecule has 0 aromatic carbocycles. The van der Waals surface area contributed by atoms with Crippen molar-refractivity contribution in [1.82, 2.24) is 4.98 Å². The molecule has 1 aromatic rings. The summed E-state index contributed by atoms with van der Waals surface area (Å²) in [5.41, 5.74) is 0. The number of aromatic nitrogens is 1. The molecule has 0 aliphatic heterocycles. The normalized spacial score (nSPS) is 9.31. The molecule has 0 aliphatic carbocycles. The highest BCUT2D eigenvalue weighted by molar-refractivity contribution is 5.69. The van der Waals surface area contributed by atoms with Crippen molar-refractivity contribution in [3.63, 3.8) is 0 Å². The van der Waals surface area contributed by atoms with Gasteiger partial charge < -0.3 is 14.9 Å². The lowest BCUT2D eigenvalue weighted by Crippen LogP contribution is -2.01. The number of carbonyl (C=O) groups is 1. The van der Waals surface area contributed by atoms with Crippen molar-refractivity contribution in [2.24, 2.45) is 0 Å². The predicted octanol–water partition coefficient (Wildman–Crippen LogP) is 0.915. The van der Waals surface area contributed by atoms with E-state index in [1.807, 2.05) is 0 Å². The zero-order chi connectivity index (χ0) is 9.84. The third kappa shape index (κ3) is 2.51. The lowest BCUT2D eigenvalue weighted by Gasteiger charge is -1.96. The summed E-state index contributed by atoms with van der Waals surface area (Å²) in [5, 5.41) is 10.2. The Balaban J connectivity index is 2.81. The van der Waals surface area contributed by atoms with Gasteiger partial charge in [-0.05, 0) is 16.0 Å². The van der Waals surface area contributed by atoms with E-state index in [9.17, 15) is 14.9 Å². The van der Waals surface area contributed by atoms with Crippen molar-refractivity contribution in [3.05, 3.63) is 28.4 Å². The molecule has 6 nitrogen and oxygen atoms in total. The van der Waals surface area contributed by atoms with E-state index in [4.69, 9.17) is 0 Å². The summed E-state index contributed by atoms with van der Waals surface area (Å²) >= 11 is 0. The zero-order valence-corrected chi connectivity index (χ0v) is 6.76. The number of nitro groups is 1. The van der Waals surface area contributed by atoms with Crippen LogP contribution in [-0.2, 0) is 4.79 Å². The molecule has 0 atom stereocenters. The van der Waals surface area contributed by atoms with Crippen LogP contribution in [0.3, 0.4) is 0 Å². The third-order valence-electron chi connectivity index (χ3n) is 1.17.